The van der Waals surface area contributed by atoms with Gasteiger partial charge in [0.1, 0.15) is 17.2 Å². The van der Waals surface area contributed by atoms with Crippen molar-refractivity contribution in [3.8, 4) is 17.2 Å². The number of ether oxygens (including phenoxy) is 2. The lowest BCUT2D eigenvalue weighted by Crippen LogP contribution is -2.27. The lowest BCUT2D eigenvalue weighted by Gasteiger charge is -2.22. The van der Waals surface area contributed by atoms with E-state index < -0.39 is 23.2 Å². The van der Waals surface area contributed by atoms with Crippen LogP contribution in [-0.2, 0) is 19.6 Å². The fraction of sp³-hybridized carbons (Fsp3) is 0.189. The maximum atomic E-state index is 14.0. The van der Waals surface area contributed by atoms with Crippen LogP contribution in [0.4, 0.5) is 13.2 Å². The van der Waals surface area contributed by atoms with Gasteiger partial charge in [0.2, 0.25) is 0 Å². The van der Waals surface area contributed by atoms with Crippen molar-refractivity contribution >= 4 is 27.7 Å². The number of aryl methyl sites for hydroxylation is 1. The summed E-state index contributed by atoms with van der Waals surface area (Å²) in [4.78, 5) is 30.7. The van der Waals surface area contributed by atoms with Crippen molar-refractivity contribution in [2.45, 2.75) is 18.5 Å². The highest BCUT2D eigenvalue weighted by Gasteiger charge is 2.33. The molecular weight excluding hydrogens is 623 g/mol. The molecule has 0 saturated heterocycles. The largest absolute Gasteiger partial charge is 0.507 e. The molecule has 0 spiro atoms. The highest BCUT2D eigenvalue weighted by Crippen LogP contribution is 2.42. The SMILES string of the molecule is COc1ccc(C(=O)NCCc2c(C(c3ccc(C(F)(F)F)cc3)c3c(O)c4ccccc4n(C)c3=O)[nH]c3ccccc23)c(OC)c1. The normalized spacial score (nSPS) is 12.3. The van der Waals surface area contributed by atoms with Gasteiger partial charge in [-0.15, -0.1) is 0 Å². The number of alkyl halides is 3. The molecule has 0 saturated carbocycles. The van der Waals surface area contributed by atoms with E-state index in [2.05, 4.69) is 10.3 Å². The lowest BCUT2D eigenvalue weighted by atomic mass is 9.84. The van der Waals surface area contributed by atoms with Crippen molar-refractivity contribution in [1.29, 1.82) is 0 Å². The van der Waals surface area contributed by atoms with Crippen LogP contribution in [0.15, 0.2) is 95.8 Å². The predicted octanol–water partition coefficient (Wildman–Crippen LogP) is 6.91. The Balaban J connectivity index is 1.48. The van der Waals surface area contributed by atoms with Crippen LogP contribution >= 0.6 is 0 Å². The number of para-hydroxylation sites is 2. The lowest BCUT2D eigenvalue weighted by molar-refractivity contribution is -0.137. The molecule has 1 atom stereocenters. The summed E-state index contributed by atoms with van der Waals surface area (Å²) in [6.07, 6.45) is -4.28. The smallest absolute Gasteiger partial charge is 0.416 e. The molecule has 11 heteroatoms. The van der Waals surface area contributed by atoms with Crippen LogP contribution in [0.1, 0.15) is 44.2 Å². The first-order chi connectivity index (χ1) is 23.0. The minimum absolute atomic E-state index is 0.00997. The molecule has 0 aliphatic heterocycles. The summed E-state index contributed by atoms with van der Waals surface area (Å²) in [5.74, 6) is -0.761. The van der Waals surface area contributed by atoms with Gasteiger partial charge in [-0.2, -0.15) is 13.2 Å². The molecule has 2 aromatic heterocycles. The van der Waals surface area contributed by atoms with Gasteiger partial charge < -0.3 is 29.4 Å². The third-order valence-electron chi connectivity index (χ3n) is 8.62. The number of aromatic amines is 1. The highest BCUT2D eigenvalue weighted by molar-refractivity contribution is 5.97. The van der Waals surface area contributed by atoms with Crippen molar-refractivity contribution < 1.29 is 32.5 Å². The van der Waals surface area contributed by atoms with Gasteiger partial charge in [0.05, 0.1) is 42.3 Å². The van der Waals surface area contributed by atoms with E-state index in [0.29, 0.717) is 39.2 Å². The number of nitrogens with one attached hydrogen (secondary N) is 2. The van der Waals surface area contributed by atoms with E-state index in [9.17, 15) is 27.9 Å². The molecule has 8 nitrogen and oxygen atoms in total. The number of methoxy groups -OCH3 is 2. The molecular formula is C37H32F3N3O5. The minimum Gasteiger partial charge on any atom is -0.507 e. The molecule has 1 amide bonds. The molecule has 6 rings (SSSR count). The number of benzene rings is 4. The number of carbonyl (C=O) groups is 1. The quantitative estimate of drug-likeness (QED) is 0.157. The summed E-state index contributed by atoms with van der Waals surface area (Å²) in [7, 11) is 4.56. The number of rotatable bonds is 9. The van der Waals surface area contributed by atoms with Gasteiger partial charge >= 0.3 is 6.18 Å². The molecule has 6 aromatic rings. The molecule has 0 aliphatic rings. The second-order valence-electron chi connectivity index (χ2n) is 11.3. The van der Waals surface area contributed by atoms with E-state index >= 15 is 0 Å². The Hall–Kier alpha value is -5.71. The molecule has 0 fully saturated rings. The predicted molar refractivity (Wildman–Crippen MR) is 177 cm³/mol. The Labute approximate surface area is 273 Å². The molecule has 4 aromatic carbocycles. The zero-order valence-electron chi connectivity index (χ0n) is 26.3. The van der Waals surface area contributed by atoms with Crippen LogP contribution in [-0.4, -0.2) is 41.3 Å². The number of halogens is 3. The number of pyridine rings is 1. The van der Waals surface area contributed by atoms with Gasteiger partial charge in [0.25, 0.3) is 11.5 Å². The summed E-state index contributed by atoms with van der Waals surface area (Å²) in [6, 6.07) is 23.8. The Kier molecular flexibility index (Phi) is 8.61. The zero-order chi connectivity index (χ0) is 34.2. The number of fused-ring (bicyclic) bond motifs is 2. The average molecular weight is 656 g/mol. The van der Waals surface area contributed by atoms with Gasteiger partial charge in [0.15, 0.2) is 0 Å². The fourth-order valence-corrected chi connectivity index (χ4v) is 6.22. The third kappa shape index (κ3) is 5.83. The molecule has 0 radical (unpaired) electrons. The number of aromatic hydroxyl groups is 1. The number of amides is 1. The number of hydrogen-bond acceptors (Lipinski definition) is 5. The third-order valence-corrected chi connectivity index (χ3v) is 8.62. The van der Waals surface area contributed by atoms with E-state index in [1.54, 1.807) is 49.5 Å². The van der Waals surface area contributed by atoms with Crippen LogP contribution in [0.3, 0.4) is 0 Å². The van der Waals surface area contributed by atoms with Gasteiger partial charge in [-0.05, 0) is 60.0 Å². The highest BCUT2D eigenvalue weighted by atomic mass is 19.4. The van der Waals surface area contributed by atoms with Crippen molar-refractivity contribution in [3.63, 3.8) is 0 Å². The monoisotopic (exact) mass is 655 g/mol. The first-order valence-electron chi connectivity index (χ1n) is 15.1. The number of hydrogen-bond donors (Lipinski definition) is 3. The number of aromatic nitrogens is 2. The molecule has 48 heavy (non-hydrogen) atoms. The Morgan fingerprint density at radius 1 is 0.938 bits per heavy atom. The van der Waals surface area contributed by atoms with Gasteiger partial charge in [-0.3, -0.25) is 9.59 Å². The standard InChI is InChI=1S/C37H32F3N3O5/c1-43-29-11-7-5-9-26(29)34(44)32(36(43)46)31(21-12-14-22(15-13-21)37(38,39)40)33-25(24-8-4-6-10-28(24)42-33)18-19-41-35(45)27-17-16-23(47-2)20-30(27)48-3/h4-17,20,31,42,44H,18-19H2,1-3H3,(H,41,45). The minimum atomic E-state index is -4.56. The van der Waals surface area contributed by atoms with E-state index in [0.717, 1.165) is 28.6 Å². The molecule has 1 unspecified atom stereocenters. The maximum absolute atomic E-state index is 14.0. The summed E-state index contributed by atoms with van der Waals surface area (Å²) < 4.78 is 52.8. The van der Waals surface area contributed by atoms with Crippen LogP contribution in [0.25, 0.3) is 21.8 Å². The first-order valence-corrected chi connectivity index (χ1v) is 15.1. The fourth-order valence-electron chi connectivity index (χ4n) is 6.22. The van der Waals surface area contributed by atoms with Crippen molar-refractivity contribution in [1.82, 2.24) is 14.9 Å². The maximum Gasteiger partial charge on any atom is 0.416 e. The van der Waals surface area contributed by atoms with E-state index in [4.69, 9.17) is 9.47 Å². The summed E-state index contributed by atoms with van der Waals surface area (Å²) in [5.41, 5.74) is 1.81. The topological polar surface area (TPSA) is 106 Å². The second-order valence-corrected chi connectivity index (χ2v) is 11.3. The molecule has 0 bridgehead atoms. The summed E-state index contributed by atoms with van der Waals surface area (Å²) in [6.45, 7) is 0.171. The van der Waals surface area contributed by atoms with Gasteiger partial charge in [-0.25, -0.2) is 0 Å². The second kappa shape index (κ2) is 12.8. The van der Waals surface area contributed by atoms with E-state index in [1.165, 1.54) is 30.9 Å². The number of nitrogens with zero attached hydrogens (tertiary/aromatic N) is 1. The first kappa shape index (κ1) is 32.2. The Morgan fingerprint density at radius 2 is 1.62 bits per heavy atom. The molecule has 2 heterocycles. The number of carbonyl (C=O) groups excluding carboxylic acids is 1. The zero-order valence-corrected chi connectivity index (χ0v) is 26.3. The van der Waals surface area contributed by atoms with Gasteiger partial charge in [-0.1, -0.05) is 42.5 Å². The Bertz CT molecular complexity index is 2200. The van der Waals surface area contributed by atoms with Crippen LogP contribution < -0.4 is 20.3 Å². The average Bonchev–Trinajstić information content (AvgIpc) is 3.46. The Morgan fingerprint density at radius 3 is 2.31 bits per heavy atom. The van der Waals surface area contributed by atoms with Crippen LogP contribution in [0.5, 0.6) is 17.2 Å². The van der Waals surface area contributed by atoms with E-state index in [-0.39, 0.29) is 30.2 Å². The van der Waals surface area contributed by atoms with Gasteiger partial charge in [0, 0.05) is 41.6 Å². The van der Waals surface area contributed by atoms with Crippen molar-refractivity contribution in [2.24, 2.45) is 7.05 Å². The number of H-pyrrole nitrogens is 1. The molecule has 246 valence electrons. The van der Waals surface area contributed by atoms with E-state index in [1.807, 2.05) is 24.3 Å². The summed E-state index contributed by atoms with van der Waals surface area (Å²) >= 11 is 0. The molecule has 3 N–H and O–H groups in total. The molecule has 0 aliphatic carbocycles. The van der Waals surface area contributed by atoms with Crippen molar-refractivity contribution in [2.75, 3.05) is 20.8 Å². The van der Waals surface area contributed by atoms with Crippen molar-refractivity contribution in [3.05, 3.63) is 135 Å². The van der Waals surface area contributed by atoms with Crippen LogP contribution in [0.2, 0.25) is 0 Å². The summed E-state index contributed by atoms with van der Waals surface area (Å²) in [5, 5.41) is 15.8. The van der Waals surface area contributed by atoms with Crippen LogP contribution in [0, 0.1) is 0 Å².